The van der Waals surface area contributed by atoms with Gasteiger partial charge in [0.1, 0.15) is 11.5 Å². The van der Waals surface area contributed by atoms with Crippen molar-refractivity contribution in [3.8, 4) is 67.1 Å². The third kappa shape index (κ3) is 9.58. The van der Waals surface area contributed by atoms with Crippen LogP contribution in [0.5, 0.6) is 11.5 Å². The van der Waals surface area contributed by atoms with Crippen molar-refractivity contribution >= 4 is 55.7 Å². The van der Waals surface area contributed by atoms with Gasteiger partial charge in [-0.2, -0.15) is 0 Å². The minimum Gasteiger partial charge on any atom is -0.457 e. The van der Waals surface area contributed by atoms with E-state index >= 15 is 0 Å². The summed E-state index contributed by atoms with van der Waals surface area (Å²) >= 11 is 0. The Balaban J connectivity index is 0.882. The normalized spacial score (nSPS) is 12.8. The molecule has 1 heterocycles. The van der Waals surface area contributed by atoms with E-state index in [1.165, 1.54) is 93.9 Å². The topological polar surface area (TPSA) is 15.7 Å². The number of fused-ring (bicyclic) bond motifs is 14. The lowest BCUT2D eigenvalue weighted by Crippen LogP contribution is -2.32. The van der Waals surface area contributed by atoms with E-state index in [0.717, 1.165) is 62.3 Å². The van der Waals surface area contributed by atoms with Crippen LogP contribution in [0.25, 0.3) is 77.2 Å². The van der Waals surface area contributed by atoms with E-state index in [0.29, 0.717) is 0 Å². The van der Waals surface area contributed by atoms with Crippen LogP contribution in [0.4, 0.5) is 34.1 Å². The summed E-state index contributed by atoms with van der Waals surface area (Å²) in [5.74, 6) is 1.71. The predicted molar refractivity (Wildman–Crippen MR) is 387 cm³/mol. The summed E-state index contributed by atoms with van der Waals surface area (Å²) in [4.78, 5) is 4.88. The van der Waals surface area contributed by atoms with Gasteiger partial charge in [0.2, 0.25) is 0 Å². The third-order valence-electron chi connectivity index (χ3n) is 19.3. The second-order valence-electron chi connectivity index (χ2n) is 26.8. The zero-order chi connectivity index (χ0) is 62.3. The van der Waals surface area contributed by atoms with E-state index in [-0.39, 0.29) is 10.8 Å². The van der Waals surface area contributed by atoms with Crippen molar-refractivity contribution in [2.45, 2.75) is 57.8 Å². The third-order valence-corrected chi connectivity index (χ3v) is 19.3. The highest BCUT2D eigenvalue weighted by molar-refractivity contribution is 6.20. The maximum Gasteiger partial charge on any atom is 0.132 e. The molecule has 3 heteroatoms. The van der Waals surface area contributed by atoms with E-state index in [2.05, 4.69) is 367 Å². The van der Waals surface area contributed by atoms with Gasteiger partial charge in [-0.15, -0.1) is 0 Å². The molecule has 1 spiro atoms. The molecule has 442 valence electrons. The number of hydrogen-bond acceptors (Lipinski definition) is 3. The van der Waals surface area contributed by atoms with Gasteiger partial charge in [-0.05, 0) is 195 Å². The van der Waals surface area contributed by atoms with Crippen LogP contribution in [0.1, 0.15) is 74.9 Å². The quantitative estimate of drug-likeness (QED) is 0.127. The molecule has 0 saturated heterocycles. The van der Waals surface area contributed by atoms with Crippen LogP contribution in [-0.2, 0) is 16.2 Å². The van der Waals surface area contributed by atoms with Gasteiger partial charge in [-0.25, -0.2) is 0 Å². The molecule has 0 N–H and O–H groups in total. The van der Waals surface area contributed by atoms with Crippen molar-refractivity contribution in [1.29, 1.82) is 0 Å². The minimum absolute atomic E-state index is 0.00221. The van der Waals surface area contributed by atoms with Crippen molar-refractivity contribution in [3.05, 3.63) is 349 Å². The van der Waals surface area contributed by atoms with E-state index < -0.39 is 5.41 Å². The second kappa shape index (κ2) is 22.2. The fourth-order valence-electron chi connectivity index (χ4n) is 14.6. The van der Waals surface area contributed by atoms with Crippen LogP contribution < -0.4 is 14.5 Å². The average molecular weight is 1180 g/mol. The van der Waals surface area contributed by atoms with Crippen LogP contribution in [0.3, 0.4) is 0 Å². The lowest BCUT2D eigenvalue weighted by Gasteiger charge is -2.40. The van der Waals surface area contributed by atoms with Crippen molar-refractivity contribution in [2.75, 3.05) is 9.80 Å². The number of nitrogens with zero attached hydrogens (tertiary/aromatic N) is 2. The van der Waals surface area contributed by atoms with Gasteiger partial charge < -0.3 is 14.5 Å². The van der Waals surface area contributed by atoms with Gasteiger partial charge in [0, 0.05) is 45.3 Å². The second-order valence-corrected chi connectivity index (χ2v) is 26.8. The summed E-state index contributed by atoms with van der Waals surface area (Å²) in [7, 11) is 0. The minimum atomic E-state index is -0.801. The summed E-state index contributed by atoms with van der Waals surface area (Å²) in [5.41, 5.74) is 25.0. The Morgan fingerprint density at radius 1 is 0.261 bits per heavy atom. The number of ether oxygens (including phenoxy) is 1. The summed E-state index contributed by atoms with van der Waals surface area (Å²) in [6.45, 7) is 13.7. The van der Waals surface area contributed by atoms with Crippen LogP contribution in [0, 0.1) is 0 Å². The molecule has 16 rings (SSSR count). The maximum atomic E-state index is 7.05. The molecule has 0 atom stereocenters. The van der Waals surface area contributed by atoms with Crippen molar-refractivity contribution in [1.82, 2.24) is 0 Å². The first-order chi connectivity index (χ1) is 44.9. The Bertz CT molecular complexity index is 5030. The molecule has 0 radical (unpaired) electrons. The van der Waals surface area contributed by atoms with Gasteiger partial charge in [0.15, 0.2) is 0 Å². The molecule has 0 bridgehead atoms. The van der Waals surface area contributed by atoms with Gasteiger partial charge >= 0.3 is 0 Å². The lowest BCUT2D eigenvalue weighted by molar-refractivity contribution is 0.437. The Hall–Kier alpha value is -11.0. The first-order valence-corrected chi connectivity index (χ1v) is 32.2. The molecule has 92 heavy (non-hydrogen) atoms. The molecule has 1 aliphatic heterocycles. The smallest absolute Gasteiger partial charge is 0.132 e. The molecular weight excluding hydrogens is 1110 g/mol. The van der Waals surface area contributed by atoms with Crippen LogP contribution in [-0.4, -0.2) is 0 Å². The van der Waals surface area contributed by atoms with Crippen molar-refractivity contribution < 1.29 is 4.74 Å². The van der Waals surface area contributed by atoms with E-state index in [1.54, 1.807) is 0 Å². The highest BCUT2D eigenvalue weighted by Gasteiger charge is 2.53. The Labute approximate surface area is 540 Å². The number of para-hydroxylation sites is 2. The zero-order valence-corrected chi connectivity index (χ0v) is 52.8. The van der Waals surface area contributed by atoms with Gasteiger partial charge in [-0.1, -0.05) is 272 Å². The molecule has 2 aliphatic rings. The SMILES string of the molecule is CC(C)(C)c1ccc(N(c2ccc(-c3ccc(-c4ccccc4)cc3)cc2)c2ccc3c(c2)C2(c4ccccc4Oc4ccccc42)c2c-3c3ccccc3c3cc(N(c4ccc(-c5ccc(-c6ccccc6)cc5)cc4)c4ccc(C(C)(C)C)cc4)ccc23)cc1. The van der Waals surface area contributed by atoms with Crippen molar-refractivity contribution in [3.63, 3.8) is 0 Å². The molecule has 0 saturated carbocycles. The molecule has 14 aromatic rings. The zero-order valence-electron chi connectivity index (χ0n) is 52.8. The number of rotatable bonds is 10. The molecule has 3 nitrogen and oxygen atoms in total. The van der Waals surface area contributed by atoms with E-state index in [9.17, 15) is 0 Å². The van der Waals surface area contributed by atoms with Crippen LogP contribution in [0.2, 0.25) is 0 Å². The molecular formula is C89H70N2O. The monoisotopic (exact) mass is 1180 g/mol. The Morgan fingerprint density at radius 2 is 0.598 bits per heavy atom. The summed E-state index contributed by atoms with van der Waals surface area (Å²) in [6.07, 6.45) is 0. The lowest BCUT2D eigenvalue weighted by atomic mass is 9.65. The highest BCUT2D eigenvalue weighted by Crippen LogP contribution is 2.66. The molecule has 0 unspecified atom stereocenters. The van der Waals surface area contributed by atoms with Gasteiger partial charge in [0.25, 0.3) is 0 Å². The largest absolute Gasteiger partial charge is 0.457 e. The molecule has 1 aliphatic carbocycles. The van der Waals surface area contributed by atoms with E-state index in [4.69, 9.17) is 4.74 Å². The fraction of sp³-hybridized carbons (Fsp3) is 0.101. The maximum absolute atomic E-state index is 7.05. The standard InChI is InChI=1S/C89H70N2O/c1-87(2,3)67-41-49-71(50-42-67)90(69-45-37-65(38-46-69)63-33-29-61(30-34-63)59-19-9-7-10-20-59)73-53-55-77-79(57-73)75-23-13-14-24-76(75)85-78-56-54-74(58-82(78)89(86(77)85)80-25-15-17-27-83(80)92-84-28-18-16-26-81(84)89)91(72-51-43-68(44-52-72)88(4,5)6)70-47-39-66(40-48-70)64-35-31-62(32-36-64)60-21-11-8-12-22-60/h7-58H,1-6H3. The molecule has 0 fully saturated rings. The Kier molecular flexibility index (Phi) is 13.6. The predicted octanol–water partition coefficient (Wildman–Crippen LogP) is 24.7. The fourth-order valence-corrected chi connectivity index (χ4v) is 14.6. The average Bonchev–Trinajstić information content (AvgIpc) is 1.47. The molecule has 0 aromatic heterocycles. The van der Waals surface area contributed by atoms with Gasteiger partial charge in [-0.3, -0.25) is 0 Å². The highest BCUT2D eigenvalue weighted by atomic mass is 16.5. The number of hydrogen-bond donors (Lipinski definition) is 0. The van der Waals surface area contributed by atoms with Crippen molar-refractivity contribution in [2.24, 2.45) is 0 Å². The first-order valence-electron chi connectivity index (χ1n) is 32.2. The first kappa shape index (κ1) is 56.2. The van der Waals surface area contributed by atoms with E-state index in [1.807, 2.05) is 0 Å². The number of anilines is 6. The summed E-state index contributed by atoms with van der Waals surface area (Å²) in [6, 6.07) is 117. The van der Waals surface area contributed by atoms with Gasteiger partial charge in [0.05, 0.1) is 5.41 Å². The summed E-state index contributed by atoms with van der Waals surface area (Å²) in [5, 5.41) is 4.81. The summed E-state index contributed by atoms with van der Waals surface area (Å²) < 4.78 is 7.05. The van der Waals surface area contributed by atoms with Crippen LogP contribution >= 0.6 is 0 Å². The molecule has 14 aromatic carbocycles. The Morgan fingerprint density at radius 3 is 1.03 bits per heavy atom. The molecule has 0 amide bonds. The number of benzene rings is 14. The van der Waals surface area contributed by atoms with Crippen LogP contribution in [0.15, 0.2) is 315 Å².